The molecule has 0 aliphatic carbocycles. The third-order valence-corrected chi connectivity index (χ3v) is 4.01. The molecular weight excluding hydrogens is 331 g/mol. The number of nitrogens with zero attached hydrogens (tertiary/aromatic N) is 2. The fourth-order valence-corrected chi connectivity index (χ4v) is 2.67. The Morgan fingerprint density at radius 2 is 1.78 bits per heavy atom. The van der Waals surface area contributed by atoms with E-state index in [4.69, 9.17) is 27.9 Å². The highest BCUT2D eigenvalue weighted by molar-refractivity contribution is 6.33. The summed E-state index contributed by atoms with van der Waals surface area (Å²) in [4.78, 5) is 6.25. The fraction of sp³-hybridized carbons (Fsp3) is 0.278. The smallest absolute Gasteiger partial charge is 0.107 e. The van der Waals surface area contributed by atoms with Crippen molar-refractivity contribution in [1.29, 1.82) is 0 Å². The van der Waals surface area contributed by atoms with E-state index in [1.165, 1.54) is 0 Å². The molecule has 0 aliphatic heterocycles. The average molecular weight is 351 g/mol. The van der Waals surface area contributed by atoms with Gasteiger partial charge < -0.3 is 9.64 Å². The van der Waals surface area contributed by atoms with Gasteiger partial charge in [0.15, 0.2) is 0 Å². The van der Waals surface area contributed by atoms with E-state index in [9.17, 15) is 0 Å². The molecule has 5 heteroatoms. The highest BCUT2D eigenvalue weighted by Crippen LogP contribution is 2.35. The van der Waals surface area contributed by atoms with Gasteiger partial charge >= 0.3 is 0 Å². The van der Waals surface area contributed by atoms with E-state index in [0.29, 0.717) is 10.0 Å². The molecule has 2 aromatic carbocycles. The number of hydrogen-bond acceptors (Lipinski definition) is 2. The predicted molar refractivity (Wildman–Crippen MR) is 98.3 cm³/mol. The molecule has 0 amide bonds. The Balaban J connectivity index is 2.41. The van der Waals surface area contributed by atoms with E-state index >= 15 is 0 Å². The van der Waals surface area contributed by atoms with Gasteiger partial charge in [0, 0.05) is 26.2 Å². The van der Waals surface area contributed by atoms with Crippen LogP contribution in [0.3, 0.4) is 0 Å². The molecule has 2 aromatic rings. The van der Waals surface area contributed by atoms with Gasteiger partial charge in [-0.25, -0.2) is 4.99 Å². The minimum absolute atomic E-state index is 0.198. The van der Waals surface area contributed by atoms with Gasteiger partial charge in [0.2, 0.25) is 0 Å². The molecular formula is C18H20Cl2N2O. The number of benzene rings is 2. The first-order chi connectivity index (χ1) is 10.9. The Morgan fingerprint density at radius 1 is 1.13 bits per heavy atom. The van der Waals surface area contributed by atoms with Crippen molar-refractivity contribution in [3.05, 3.63) is 63.1 Å². The number of hydrogen-bond donors (Lipinski definition) is 0. The van der Waals surface area contributed by atoms with Gasteiger partial charge in [0.05, 0.1) is 17.0 Å². The van der Waals surface area contributed by atoms with Crippen LogP contribution in [0.5, 0.6) is 0 Å². The molecule has 2 rings (SSSR count). The normalized spacial score (nSPS) is 12.6. The summed E-state index contributed by atoms with van der Waals surface area (Å²) in [6.07, 6.45) is 1.53. The summed E-state index contributed by atoms with van der Waals surface area (Å²) in [6, 6.07) is 11.5. The predicted octanol–water partition coefficient (Wildman–Crippen LogP) is 5.26. The van der Waals surface area contributed by atoms with Crippen LogP contribution >= 0.6 is 23.2 Å². The summed E-state index contributed by atoms with van der Waals surface area (Å²) >= 11 is 12.4. The van der Waals surface area contributed by atoms with Gasteiger partial charge in [-0.05, 0) is 47.9 Å². The second-order valence-electron chi connectivity index (χ2n) is 5.54. The van der Waals surface area contributed by atoms with Crippen LogP contribution in [-0.2, 0) is 4.74 Å². The fourth-order valence-electron chi connectivity index (χ4n) is 2.32. The minimum Gasteiger partial charge on any atom is -0.372 e. The molecule has 3 nitrogen and oxygen atoms in total. The van der Waals surface area contributed by atoms with E-state index in [1.807, 2.05) is 62.3 Å². The molecule has 23 heavy (non-hydrogen) atoms. The third-order valence-electron chi connectivity index (χ3n) is 3.45. The van der Waals surface area contributed by atoms with Crippen LogP contribution in [0, 0.1) is 6.92 Å². The van der Waals surface area contributed by atoms with E-state index in [1.54, 1.807) is 13.4 Å². The average Bonchev–Trinajstić information content (AvgIpc) is 2.51. The lowest BCUT2D eigenvalue weighted by molar-refractivity contribution is 0.136. The summed E-state index contributed by atoms with van der Waals surface area (Å²) in [5.74, 6) is 0. The number of ether oxygens (including phenoxy) is 1. The number of halogens is 2. The van der Waals surface area contributed by atoms with Crippen molar-refractivity contribution in [3.8, 4) is 0 Å². The lowest BCUT2D eigenvalue weighted by atomic mass is 9.97. The third kappa shape index (κ3) is 4.47. The second kappa shape index (κ2) is 7.82. The molecule has 0 N–H and O–H groups in total. The molecule has 0 heterocycles. The van der Waals surface area contributed by atoms with Crippen LogP contribution in [0.1, 0.15) is 22.8 Å². The Hall–Kier alpha value is -1.55. The van der Waals surface area contributed by atoms with Crippen molar-refractivity contribution in [2.24, 2.45) is 4.99 Å². The van der Waals surface area contributed by atoms with Gasteiger partial charge in [-0.3, -0.25) is 0 Å². The first-order valence-corrected chi connectivity index (χ1v) is 7.97. The van der Waals surface area contributed by atoms with Gasteiger partial charge in [-0.15, -0.1) is 0 Å². The molecule has 122 valence electrons. The molecule has 0 aliphatic rings. The van der Waals surface area contributed by atoms with Crippen molar-refractivity contribution in [2.75, 3.05) is 21.2 Å². The number of methoxy groups -OCH3 is 1. The maximum absolute atomic E-state index is 6.39. The maximum atomic E-state index is 6.39. The number of rotatable bonds is 5. The Morgan fingerprint density at radius 3 is 2.35 bits per heavy atom. The monoisotopic (exact) mass is 350 g/mol. The van der Waals surface area contributed by atoms with Gasteiger partial charge in [0.1, 0.15) is 6.10 Å². The summed E-state index contributed by atoms with van der Waals surface area (Å²) in [6.45, 7) is 2.03. The summed E-state index contributed by atoms with van der Waals surface area (Å²) in [5.41, 5.74) is 3.86. The second-order valence-corrected chi connectivity index (χ2v) is 6.38. The van der Waals surface area contributed by atoms with Crippen LogP contribution in [0.15, 0.2) is 41.4 Å². The van der Waals surface area contributed by atoms with Crippen molar-refractivity contribution < 1.29 is 4.74 Å². The molecule has 0 bridgehead atoms. The first-order valence-electron chi connectivity index (χ1n) is 7.21. The molecule has 0 saturated carbocycles. The van der Waals surface area contributed by atoms with Crippen LogP contribution in [-0.4, -0.2) is 32.4 Å². The lowest BCUT2D eigenvalue weighted by Crippen LogP contribution is -2.07. The van der Waals surface area contributed by atoms with Crippen LogP contribution in [0.4, 0.5) is 5.69 Å². The SMILES string of the molecule is COC(c1ccc(Cl)cc1)c1cc(Cl)c(N=CN(C)C)cc1C. The first kappa shape index (κ1) is 17.8. The van der Waals surface area contributed by atoms with E-state index in [2.05, 4.69) is 4.99 Å². The maximum Gasteiger partial charge on any atom is 0.107 e. The largest absolute Gasteiger partial charge is 0.372 e. The zero-order valence-corrected chi connectivity index (χ0v) is 15.2. The van der Waals surface area contributed by atoms with Gasteiger partial charge in [-0.1, -0.05) is 35.3 Å². The molecule has 0 aromatic heterocycles. The quantitative estimate of drug-likeness (QED) is 0.542. The van der Waals surface area contributed by atoms with E-state index in [0.717, 1.165) is 22.4 Å². The standard InChI is InChI=1S/C18H20Cl2N2O/c1-12-9-17(21-11-22(2)3)16(20)10-15(12)18(23-4)13-5-7-14(19)8-6-13/h5-11,18H,1-4H3. The van der Waals surface area contributed by atoms with Gasteiger partial charge in [-0.2, -0.15) is 0 Å². The van der Waals surface area contributed by atoms with Crippen molar-refractivity contribution in [3.63, 3.8) is 0 Å². The molecule has 1 atom stereocenters. The summed E-state index contributed by atoms with van der Waals surface area (Å²) in [7, 11) is 5.52. The van der Waals surface area contributed by atoms with Crippen LogP contribution in [0.25, 0.3) is 0 Å². The van der Waals surface area contributed by atoms with Crippen LogP contribution in [0.2, 0.25) is 10.0 Å². The lowest BCUT2D eigenvalue weighted by Gasteiger charge is -2.19. The van der Waals surface area contributed by atoms with Crippen LogP contribution < -0.4 is 0 Å². The Bertz CT molecular complexity index is 697. The zero-order chi connectivity index (χ0) is 17.0. The topological polar surface area (TPSA) is 24.8 Å². The Labute approximate surface area is 147 Å². The van der Waals surface area contributed by atoms with Crippen molar-refractivity contribution in [1.82, 2.24) is 4.90 Å². The van der Waals surface area contributed by atoms with Crippen molar-refractivity contribution in [2.45, 2.75) is 13.0 Å². The van der Waals surface area contributed by atoms with Crippen molar-refractivity contribution >= 4 is 35.2 Å². The Kier molecular flexibility index (Phi) is 6.05. The van der Waals surface area contributed by atoms with E-state index in [-0.39, 0.29) is 6.10 Å². The number of aryl methyl sites for hydroxylation is 1. The molecule has 1 unspecified atom stereocenters. The highest BCUT2D eigenvalue weighted by atomic mass is 35.5. The van der Waals surface area contributed by atoms with E-state index < -0.39 is 0 Å². The summed E-state index contributed by atoms with van der Waals surface area (Å²) in [5, 5.41) is 1.30. The zero-order valence-electron chi connectivity index (χ0n) is 13.7. The van der Waals surface area contributed by atoms with Gasteiger partial charge in [0.25, 0.3) is 0 Å². The molecule has 0 radical (unpaired) electrons. The minimum atomic E-state index is -0.198. The highest BCUT2D eigenvalue weighted by Gasteiger charge is 2.17. The molecule has 0 saturated heterocycles. The molecule has 0 fully saturated rings. The summed E-state index contributed by atoms with van der Waals surface area (Å²) < 4.78 is 5.69. The number of aliphatic imine (C=N–C) groups is 1. The molecule has 0 spiro atoms.